The van der Waals surface area contributed by atoms with Gasteiger partial charge in [-0.1, -0.05) is 26.0 Å². The molecule has 0 spiro atoms. The van der Waals surface area contributed by atoms with Crippen molar-refractivity contribution in [3.05, 3.63) is 23.8 Å². The van der Waals surface area contributed by atoms with Gasteiger partial charge in [0.2, 0.25) is 0 Å². The van der Waals surface area contributed by atoms with Crippen molar-refractivity contribution in [2.75, 3.05) is 19.7 Å². The molecule has 3 heteroatoms. The second-order valence-electron chi connectivity index (χ2n) is 5.84. The number of benzene rings is 1. The summed E-state index contributed by atoms with van der Waals surface area (Å²) in [6.07, 6.45) is 1.31. The van der Waals surface area contributed by atoms with Crippen molar-refractivity contribution in [1.82, 2.24) is 4.90 Å². The molecule has 0 radical (unpaired) electrons. The van der Waals surface area contributed by atoms with Crippen LogP contribution in [0.25, 0.3) is 0 Å². The Kier molecular flexibility index (Phi) is 4.70. The van der Waals surface area contributed by atoms with Crippen LogP contribution in [0.1, 0.15) is 32.8 Å². The number of piperidine rings is 1. The molecule has 2 unspecified atom stereocenters. The molecule has 1 fully saturated rings. The fourth-order valence-corrected chi connectivity index (χ4v) is 3.13. The number of hydrogen-bond donors (Lipinski definition) is 1. The largest absolute Gasteiger partial charge is 0.504 e. The predicted octanol–water partition coefficient (Wildman–Crippen LogP) is 3.27. The number of nitrogens with zero attached hydrogens (tertiary/aromatic N) is 1. The molecule has 1 aliphatic heterocycles. The number of likely N-dealkylation sites (tertiary alicyclic amines) is 1. The zero-order valence-corrected chi connectivity index (χ0v) is 12.2. The summed E-state index contributed by atoms with van der Waals surface area (Å²) < 4.78 is 5.44. The van der Waals surface area contributed by atoms with Crippen LogP contribution in [0.2, 0.25) is 0 Å². The lowest BCUT2D eigenvalue weighted by Crippen LogP contribution is -2.38. The maximum Gasteiger partial charge on any atom is 0.162 e. The van der Waals surface area contributed by atoms with Gasteiger partial charge in [0.15, 0.2) is 11.5 Å². The van der Waals surface area contributed by atoms with Crippen molar-refractivity contribution in [3.8, 4) is 11.5 Å². The third kappa shape index (κ3) is 3.63. The number of rotatable bonds is 4. The summed E-state index contributed by atoms with van der Waals surface area (Å²) in [5.74, 6) is 2.37. The Morgan fingerprint density at radius 2 is 1.95 bits per heavy atom. The van der Waals surface area contributed by atoms with Gasteiger partial charge in [-0.2, -0.15) is 0 Å². The Labute approximate surface area is 116 Å². The van der Waals surface area contributed by atoms with E-state index in [1.165, 1.54) is 6.42 Å². The lowest BCUT2D eigenvalue weighted by molar-refractivity contribution is 0.133. The molecule has 1 aliphatic rings. The summed E-state index contributed by atoms with van der Waals surface area (Å²) >= 11 is 0. The van der Waals surface area contributed by atoms with Crippen LogP contribution in [0, 0.1) is 11.8 Å². The average Bonchev–Trinajstić information content (AvgIpc) is 2.33. The minimum absolute atomic E-state index is 0.301. The van der Waals surface area contributed by atoms with Crippen molar-refractivity contribution in [2.45, 2.75) is 33.7 Å². The summed E-state index contributed by atoms with van der Waals surface area (Å²) in [4.78, 5) is 2.43. The monoisotopic (exact) mass is 263 g/mol. The molecule has 1 N–H and O–H groups in total. The summed E-state index contributed by atoms with van der Waals surface area (Å²) in [6, 6.07) is 5.77. The molecule has 19 heavy (non-hydrogen) atoms. The van der Waals surface area contributed by atoms with E-state index in [4.69, 9.17) is 4.74 Å². The molecule has 106 valence electrons. The Balaban J connectivity index is 2.08. The zero-order valence-electron chi connectivity index (χ0n) is 12.2. The summed E-state index contributed by atoms with van der Waals surface area (Å²) in [5.41, 5.74) is 0.965. The summed E-state index contributed by atoms with van der Waals surface area (Å²) in [6.45, 7) is 10.2. The Hall–Kier alpha value is -1.22. The molecule has 0 aromatic heterocycles. The molecule has 0 amide bonds. The third-order valence-corrected chi connectivity index (χ3v) is 3.72. The minimum Gasteiger partial charge on any atom is -0.504 e. The van der Waals surface area contributed by atoms with Crippen LogP contribution in [0.5, 0.6) is 11.5 Å². The second kappa shape index (κ2) is 6.29. The molecule has 2 rings (SSSR count). The Morgan fingerprint density at radius 1 is 1.26 bits per heavy atom. The van der Waals surface area contributed by atoms with Gasteiger partial charge in [0, 0.05) is 25.2 Å². The first-order valence-corrected chi connectivity index (χ1v) is 7.26. The third-order valence-electron chi connectivity index (χ3n) is 3.72. The fraction of sp³-hybridized carbons (Fsp3) is 0.625. The van der Waals surface area contributed by atoms with Gasteiger partial charge in [-0.05, 0) is 31.2 Å². The van der Waals surface area contributed by atoms with Gasteiger partial charge in [0.25, 0.3) is 0 Å². The molecule has 0 bridgehead atoms. The molecule has 1 aromatic carbocycles. The fourth-order valence-electron chi connectivity index (χ4n) is 3.13. The molecule has 0 saturated carbocycles. The van der Waals surface area contributed by atoms with Gasteiger partial charge in [0.05, 0.1) is 6.61 Å². The van der Waals surface area contributed by atoms with Crippen molar-refractivity contribution in [2.24, 2.45) is 11.8 Å². The van der Waals surface area contributed by atoms with Crippen molar-refractivity contribution in [1.29, 1.82) is 0 Å². The van der Waals surface area contributed by atoms with Crippen molar-refractivity contribution < 1.29 is 9.84 Å². The highest BCUT2D eigenvalue weighted by atomic mass is 16.5. The van der Waals surface area contributed by atoms with E-state index in [0.717, 1.165) is 37.0 Å². The van der Waals surface area contributed by atoms with Crippen molar-refractivity contribution in [3.63, 3.8) is 0 Å². The van der Waals surface area contributed by atoms with E-state index in [0.29, 0.717) is 18.1 Å². The highest BCUT2D eigenvalue weighted by Gasteiger charge is 2.22. The normalized spacial score (nSPS) is 24.4. The molecular formula is C16H25NO2. The maximum atomic E-state index is 10.2. The molecule has 3 nitrogen and oxygen atoms in total. The maximum absolute atomic E-state index is 10.2. The van der Waals surface area contributed by atoms with E-state index in [1.54, 1.807) is 0 Å². The van der Waals surface area contributed by atoms with E-state index in [1.807, 2.05) is 25.1 Å². The molecule has 2 atom stereocenters. The van der Waals surface area contributed by atoms with E-state index < -0.39 is 0 Å². The van der Waals surface area contributed by atoms with Gasteiger partial charge < -0.3 is 9.84 Å². The average molecular weight is 263 g/mol. The number of hydrogen-bond acceptors (Lipinski definition) is 3. The van der Waals surface area contributed by atoms with Gasteiger partial charge in [-0.25, -0.2) is 0 Å². The molecular weight excluding hydrogens is 238 g/mol. The highest BCUT2D eigenvalue weighted by Crippen LogP contribution is 2.32. The predicted molar refractivity (Wildman–Crippen MR) is 77.5 cm³/mol. The first kappa shape index (κ1) is 14.2. The molecule has 1 heterocycles. The van der Waals surface area contributed by atoms with Crippen LogP contribution in [-0.2, 0) is 6.54 Å². The standard InChI is InChI=1S/C16H25NO2/c1-4-19-15-7-5-6-14(16(15)18)11-17-9-12(2)8-13(3)10-17/h5-7,12-13,18H,4,8-11H2,1-3H3. The van der Waals surface area contributed by atoms with Crippen LogP contribution in [-0.4, -0.2) is 29.7 Å². The van der Waals surface area contributed by atoms with E-state index in [-0.39, 0.29) is 0 Å². The minimum atomic E-state index is 0.301. The lowest BCUT2D eigenvalue weighted by Gasteiger charge is -2.35. The van der Waals surface area contributed by atoms with Gasteiger partial charge in [-0.15, -0.1) is 0 Å². The van der Waals surface area contributed by atoms with Gasteiger partial charge in [-0.3, -0.25) is 4.90 Å². The van der Waals surface area contributed by atoms with Gasteiger partial charge in [0.1, 0.15) is 0 Å². The first-order valence-electron chi connectivity index (χ1n) is 7.26. The van der Waals surface area contributed by atoms with E-state index in [2.05, 4.69) is 18.7 Å². The summed E-state index contributed by atoms with van der Waals surface area (Å²) in [5, 5.41) is 10.2. The van der Waals surface area contributed by atoms with Crippen molar-refractivity contribution >= 4 is 0 Å². The lowest BCUT2D eigenvalue weighted by atomic mass is 9.91. The quantitative estimate of drug-likeness (QED) is 0.905. The number of ether oxygens (including phenoxy) is 1. The Morgan fingerprint density at radius 3 is 2.58 bits per heavy atom. The van der Waals surface area contributed by atoms with Crippen LogP contribution in [0.4, 0.5) is 0 Å². The molecule has 1 saturated heterocycles. The van der Waals surface area contributed by atoms with E-state index >= 15 is 0 Å². The number of phenols is 1. The number of aromatic hydroxyl groups is 1. The summed E-state index contributed by atoms with van der Waals surface area (Å²) in [7, 11) is 0. The van der Waals surface area contributed by atoms with Crippen LogP contribution in [0.15, 0.2) is 18.2 Å². The van der Waals surface area contributed by atoms with Crippen LogP contribution in [0.3, 0.4) is 0 Å². The van der Waals surface area contributed by atoms with Gasteiger partial charge >= 0.3 is 0 Å². The van der Waals surface area contributed by atoms with E-state index in [9.17, 15) is 5.11 Å². The van der Waals surface area contributed by atoms with Crippen LogP contribution >= 0.6 is 0 Å². The molecule has 0 aliphatic carbocycles. The first-order chi connectivity index (χ1) is 9.10. The SMILES string of the molecule is CCOc1cccc(CN2CC(C)CC(C)C2)c1O. The number of phenolic OH excluding ortho intramolecular Hbond substituents is 1. The highest BCUT2D eigenvalue weighted by molar-refractivity contribution is 5.45. The number of para-hydroxylation sites is 1. The smallest absolute Gasteiger partial charge is 0.162 e. The molecule has 1 aromatic rings. The second-order valence-corrected chi connectivity index (χ2v) is 5.84. The van der Waals surface area contributed by atoms with Crippen LogP contribution < -0.4 is 4.74 Å². The Bertz CT molecular complexity index is 409. The zero-order chi connectivity index (χ0) is 13.8. The topological polar surface area (TPSA) is 32.7 Å².